The summed E-state index contributed by atoms with van der Waals surface area (Å²) in [6.45, 7) is 1.53. The van der Waals surface area contributed by atoms with Gasteiger partial charge in [-0.2, -0.15) is 0 Å². The number of aromatic nitrogens is 2. The molecule has 0 aliphatic heterocycles. The van der Waals surface area contributed by atoms with E-state index in [1.165, 1.54) is 13.1 Å². The van der Waals surface area contributed by atoms with Crippen molar-refractivity contribution in [3.8, 4) is 5.69 Å². The minimum absolute atomic E-state index is 0.0300. The summed E-state index contributed by atoms with van der Waals surface area (Å²) in [5, 5.41) is 0. The topological polar surface area (TPSA) is 61.2 Å². The summed E-state index contributed by atoms with van der Waals surface area (Å²) in [5.74, 6) is -2.58. The third-order valence-electron chi connectivity index (χ3n) is 2.62. The molecule has 1 aromatic heterocycles. The van der Waals surface area contributed by atoms with Crippen LogP contribution in [0.1, 0.15) is 16.2 Å². The zero-order chi connectivity index (χ0) is 14.9. The van der Waals surface area contributed by atoms with Crippen LogP contribution < -0.4 is 5.56 Å². The number of benzene rings is 1. The van der Waals surface area contributed by atoms with Crippen molar-refractivity contribution in [3.05, 3.63) is 57.8 Å². The molecule has 0 N–H and O–H groups in total. The van der Waals surface area contributed by atoms with Gasteiger partial charge in [0.15, 0.2) is 0 Å². The van der Waals surface area contributed by atoms with Crippen molar-refractivity contribution in [2.24, 2.45) is 0 Å². The van der Waals surface area contributed by atoms with E-state index in [9.17, 15) is 18.4 Å². The lowest BCUT2D eigenvalue weighted by atomic mass is 10.2. The Hall–Kier alpha value is -2.57. The van der Waals surface area contributed by atoms with Crippen LogP contribution in [0.15, 0.2) is 29.2 Å². The molecule has 1 heterocycles. The maximum atomic E-state index is 13.2. The Morgan fingerprint density at radius 1 is 1.25 bits per heavy atom. The lowest BCUT2D eigenvalue weighted by Gasteiger charge is -2.11. The second-order valence-electron chi connectivity index (χ2n) is 4.01. The van der Waals surface area contributed by atoms with E-state index in [1.54, 1.807) is 0 Å². The molecule has 0 saturated heterocycles. The van der Waals surface area contributed by atoms with Crippen LogP contribution in [0.2, 0.25) is 0 Å². The van der Waals surface area contributed by atoms with Crippen LogP contribution >= 0.6 is 0 Å². The van der Waals surface area contributed by atoms with Crippen molar-refractivity contribution in [1.82, 2.24) is 9.55 Å². The maximum absolute atomic E-state index is 13.2. The highest BCUT2D eigenvalue weighted by atomic mass is 19.1. The number of hydrogen-bond acceptors (Lipinski definition) is 4. The van der Waals surface area contributed by atoms with Crippen molar-refractivity contribution in [2.45, 2.75) is 6.92 Å². The molecule has 0 unspecified atom stereocenters. The third kappa shape index (κ3) is 2.42. The molecule has 0 saturated carbocycles. The molecule has 0 aliphatic rings. The van der Waals surface area contributed by atoms with Gasteiger partial charge in [0.25, 0.3) is 5.56 Å². The van der Waals surface area contributed by atoms with E-state index in [2.05, 4.69) is 9.72 Å². The highest BCUT2D eigenvalue weighted by Crippen LogP contribution is 2.13. The first-order valence-corrected chi connectivity index (χ1v) is 5.57. The summed E-state index contributed by atoms with van der Waals surface area (Å²) in [4.78, 5) is 27.3. The molecule has 2 aromatic rings. The van der Waals surface area contributed by atoms with E-state index < -0.39 is 28.9 Å². The molecule has 104 valence electrons. The lowest BCUT2D eigenvalue weighted by Crippen LogP contribution is -2.29. The van der Waals surface area contributed by atoms with Crippen molar-refractivity contribution in [1.29, 1.82) is 0 Å². The average molecular weight is 280 g/mol. The molecule has 5 nitrogen and oxygen atoms in total. The van der Waals surface area contributed by atoms with E-state index in [1.807, 2.05) is 0 Å². The second kappa shape index (κ2) is 5.20. The number of esters is 1. The lowest BCUT2D eigenvalue weighted by molar-refractivity contribution is 0.0591. The second-order valence-corrected chi connectivity index (χ2v) is 4.01. The van der Waals surface area contributed by atoms with Gasteiger partial charge in [0.2, 0.25) is 5.69 Å². The van der Waals surface area contributed by atoms with Gasteiger partial charge in [-0.15, -0.1) is 0 Å². The van der Waals surface area contributed by atoms with Gasteiger partial charge in [0.05, 0.1) is 12.8 Å². The zero-order valence-electron chi connectivity index (χ0n) is 10.7. The molecule has 1 aromatic carbocycles. The van der Waals surface area contributed by atoms with Gasteiger partial charge in [-0.1, -0.05) is 0 Å². The monoisotopic (exact) mass is 280 g/mol. The molecule has 0 fully saturated rings. The molecular formula is C13H10F2N2O3. The Labute approximate surface area is 112 Å². The van der Waals surface area contributed by atoms with Crippen LogP contribution in [0.3, 0.4) is 0 Å². The highest BCUT2D eigenvalue weighted by Gasteiger charge is 2.17. The summed E-state index contributed by atoms with van der Waals surface area (Å²) in [6.07, 6.45) is 1.25. The Morgan fingerprint density at radius 3 is 2.40 bits per heavy atom. The first-order chi connectivity index (χ1) is 9.43. The number of methoxy groups -OCH3 is 1. The SMILES string of the molecule is COC(=O)c1ncc(C)n(-c2cc(F)cc(F)c2)c1=O. The number of ether oxygens (including phenoxy) is 1. The number of aryl methyl sites for hydroxylation is 1. The maximum Gasteiger partial charge on any atom is 0.362 e. The van der Waals surface area contributed by atoms with E-state index in [0.29, 0.717) is 11.8 Å². The molecule has 0 atom stereocenters. The molecule has 0 radical (unpaired) electrons. The van der Waals surface area contributed by atoms with Gasteiger partial charge in [0, 0.05) is 18.0 Å². The molecule has 20 heavy (non-hydrogen) atoms. The number of rotatable bonds is 2. The minimum Gasteiger partial charge on any atom is -0.464 e. The molecule has 0 spiro atoms. The Bertz CT molecular complexity index is 721. The smallest absolute Gasteiger partial charge is 0.362 e. The quantitative estimate of drug-likeness (QED) is 0.784. The van der Waals surface area contributed by atoms with Crippen molar-refractivity contribution < 1.29 is 18.3 Å². The summed E-state index contributed by atoms with van der Waals surface area (Å²) in [5.41, 5.74) is -0.963. The number of nitrogens with zero attached hydrogens (tertiary/aromatic N) is 2. The Morgan fingerprint density at radius 2 is 1.85 bits per heavy atom. The standard InChI is InChI=1S/C13H10F2N2O3/c1-7-6-16-11(13(19)20-2)12(18)17(7)10-4-8(14)3-9(15)5-10/h3-6H,1-2H3. The van der Waals surface area contributed by atoms with Crippen molar-refractivity contribution in [3.63, 3.8) is 0 Å². The van der Waals surface area contributed by atoms with Crippen LogP contribution in [-0.2, 0) is 4.74 Å². The first-order valence-electron chi connectivity index (χ1n) is 5.57. The first kappa shape index (κ1) is 13.9. The fourth-order valence-electron chi connectivity index (χ4n) is 1.76. The molecular weight excluding hydrogens is 270 g/mol. The normalized spacial score (nSPS) is 10.4. The van der Waals surface area contributed by atoms with Crippen LogP contribution in [-0.4, -0.2) is 22.6 Å². The van der Waals surface area contributed by atoms with Crippen LogP contribution in [0.5, 0.6) is 0 Å². The largest absolute Gasteiger partial charge is 0.464 e. The Balaban J connectivity index is 2.73. The molecule has 7 heteroatoms. The van der Waals surface area contributed by atoms with Gasteiger partial charge >= 0.3 is 5.97 Å². The van der Waals surface area contributed by atoms with Crippen LogP contribution in [0, 0.1) is 18.6 Å². The molecule has 0 amide bonds. The van der Waals surface area contributed by atoms with Crippen molar-refractivity contribution >= 4 is 5.97 Å². The van der Waals surface area contributed by atoms with E-state index >= 15 is 0 Å². The van der Waals surface area contributed by atoms with Gasteiger partial charge in [-0.25, -0.2) is 18.6 Å². The number of halogens is 2. The molecule has 0 aliphatic carbocycles. The predicted octanol–water partition coefficient (Wildman–Crippen LogP) is 1.61. The number of carbonyl (C=O) groups excluding carboxylic acids is 1. The number of hydrogen-bond donors (Lipinski definition) is 0. The van der Waals surface area contributed by atoms with Crippen molar-refractivity contribution in [2.75, 3.05) is 7.11 Å². The summed E-state index contributed by atoms with van der Waals surface area (Å²) in [7, 11) is 1.11. The van der Waals surface area contributed by atoms with E-state index in [0.717, 1.165) is 23.8 Å². The predicted molar refractivity (Wildman–Crippen MR) is 65.8 cm³/mol. The summed E-state index contributed by atoms with van der Waals surface area (Å²) < 4.78 is 31.9. The summed E-state index contributed by atoms with van der Waals surface area (Å²) >= 11 is 0. The highest BCUT2D eigenvalue weighted by molar-refractivity contribution is 5.86. The molecule has 0 bridgehead atoms. The van der Waals surface area contributed by atoms with E-state index in [4.69, 9.17) is 0 Å². The van der Waals surface area contributed by atoms with Crippen LogP contribution in [0.4, 0.5) is 8.78 Å². The number of carbonyl (C=O) groups is 1. The zero-order valence-corrected chi connectivity index (χ0v) is 10.7. The third-order valence-corrected chi connectivity index (χ3v) is 2.62. The van der Waals surface area contributed by atoms with Gasteiger partial charge in [-0.05, 0) is 19.1 Å². The van der Waals surface area contributed by atoms with Crippen LogP contribution in [0.25, 0.3) is 5.69 Å². The fraction of sp³-hybridized carbons (Fsp3) is 0.154. The average Bonchev–Trinajstić information content (AvgIpc) is 2.37. The molecule has 2 rings (SSSR count). The van der Waals surface area contributed by atoms with Gasteiger partial charge < -0.3 is 4.74 Å². The van der Waals surface area contributed by atoms with Gasteiger partial charge in [0.1, 0.15) is 11.6 Å². The summed E-state index contributed by atoms with van der Waals surface area (Å²) in [6, 6.07) is 2.66. The van der Waals surface area contributed by atoms with Gasteiger partial charge in [-0.3, -0.25) is 9.36 Å². The minimum atomic E-state index is -0.916. The Kier molecular flexibility index (Phi) is 3.60. The van der Waals surface area contributed by atoms with E-state index in [-0.39, 0.29) is 5.69 Å². The fourth-order valence-corrected chi connectivity index (χ4v) is 1.76.